The summed E-state index contributed by atoms with van der Waals surface area (Å²) in [6.45, 7) is 6.34. The molecule has 0 aromatic carbocycles. The van der Waals surface area contributed by atoms with E-state index in [0.717, 1.165) is 103 Å². The maximum Gasteiger partial charge on any atom is 0.306 e. The highest BCUT2D eigenvalue weighted by Gasteiger charge is 2.19. The molecular formula is C57H96O6. The average Bonchev–Trinajstić information content (AvgIpc) is 3.28. The normalized spacial score (nSPS) is 12.7. The molecular weight excluding hydrogens is 781 g/mol. The van der Waals surface area contributed by atoms with E-state index in [1.54, 1.807) is 0 Å². The lowest BCUT2D eigenvalue weighted by Crippen LogP contribution is -2.30. The lowest BCUT2D eigenvalue weighted by Gasteiger charge is -2.18. The average molecular weight is 877 g/mol. The van der Waals surface area contributed by atoms with E-state index in [1.807, 2.05) is 36.5 Å². The van der Waals surface area contributed by atoms with Crippen molar-refractivity contribution in [3.05, 3.63) is 85.1 Å². The topological polar surface area (TPSA) is 78.9 Å². The highest BCUT2D eigenvalue weighted by atomic mass is 16.6. The van der Waals surface area contributed by atoms with Crippen molar-refractivity contribution >= 4 is 17.9 Å². The minimum absolute atomic E-state index is 0.0973. The summed E-state index contributed by atoms with van der Waals surface area (Å²) in [4.78, 5) is 38.0. The van der Waals surface area contributed by atoms with Crippen LogP contribution >= 0.6 is 0 Å². The fourth-order valence-corrected chi connectivity index (χ4v) is 7.11. The van der Waals surface area contributed by atoms with Crippen LogP contribution in [0.1, 0.15) is 239 Å². The summed E-state index contributed by atoms with van der Waals surface area (Å²) in [6.07, 6.45) is 65.7. The van der Waals surface area contributed by atoms with Crippen LogP contribution in [0, 0.1) is 0 Å². The lowest BCUT2D eigenvalue weighted by molar-refractivity contribution is -0.167. The maximum atomic E-state index is 12.8. The number of carbonyl (C=O) groups excluding carboxylic acids is 3. The molecule has 6 heteroatoms. The first kappa shape index (κ1) is 59.6. The predicted molar refractivity (Wildman–Crippen MR) is 270 cm³/mol. The molecule has 0 saturated carbocycles. The summed E-state index contributed by atoms with van der Waals surface area (Å²) >= 11 is 0. The second-order valence-corrected chi connectivity index (χ2v) is 17.1. The van der Waals surface area contributed by atoms with Crippen LogP contribution in [-0.2, 0) is 28.6 Å². The third-order valence-corrected chi connectivity index (χ3v) is 11.0. The number of carbonyl (C=O) groups is 3. The van der Waals surface area contributed by atoms with Gasteiger partial charge in [0, 0.05) is 19.3 Å². The van der Waals surface area contributed by atoms with Gasteiger partial charge in [0.2, 0.25) is 0 Å². The molecule has 0 aliphatic carbocycles. The second-order valence-electron chi connectivity index (χ2n) is 17.1. The number of hydrogen-bond donors (Lipinski definition) is 0. The third kappa shape index (κ3) is 49.5. The van der Waals surface area contributed by atoms with Crippen molar-refractivity contribution in [2.45, 2.75) is 245 Å². The lowest BCUT2D eigenvalue weighted by atomic mass is 10.0. The Balaban J connectivity index is 4.42. The molecule has 0 N–H and O–H groups in total. The molecule has 1 atom stereocenters. The van der Waals surface area contributed by atoms with Gasteiger partial charge in [-0.1, -0.05) is 234 Å². The Kier molecular flexibility index (Phi) is 48.5. The largest absolute Gasteiger partial charge is 0.462 e. The predicted octanol–water partition coefficient (Wildman–Crippen LogP) is 17.2. The summed E-state index contributed by atoms with van der Waals surface area (Å²) < 4.78 is 16.8. The van der Waals surface area contributed by atoms with E-state index in [1.165, 1.54) is 96.3 Å². The Hall–Kier alpha value is -3.41. The van der Waals surface area contributed by atoms with Gasteiger partial charge < -0.3 is 14.2 Å². The van der Waals surface area contributed by atoms with E-state index in [2.05, 4.69) is 69.4 Å². The van der Waals surface area contributed by atoms with Gasteiger partial charge in [0.1, 0.15) is 13.2 Å². The summed E-state index contributed by atoms with van der Waals surface area (Å²) in [5.41, 5.74) is 0. The van der Waals surface area contributed by atoms with Crippen LogP contribution in [-0.4, -0.2) is 37.2 Å². The molecule has 0 bridgehead atoms. The van der Waals surface area contributed by atoms with Crippen LogP contribution in [0.5, 0.6) is 0 Å². The number of hydrogen-bond acceptors (Lipinski definition) is 6. The number of rotatable bonds is 46. The summed E-state index contributed by atoms with van der Waals surface area (Å²) in [5.74, 6) is -0.959. The number of allylic oxidation sites excluding steroid dienone is 14. The first-order chi connectivity index (χ1) is 31.0. The smallest absolute Gasteiger partial charge is 0.306 e. The van der Waals surface area contributed by atoms with E-state index in [-0.39, 0.29) is 31.1 Å². The van der Waals surface area contributed by atoms with Gasteiger partial charge in [-0.3, -0.25) is 14.4 Å². The van der Waals surface area contributed by atoms with E-state index in [0.29, 0.717) is 19.3 Å². The van der Waals surface area contributed by atoms with Crippen LogP contribution in [0.3, 0.4) is 0 Å². The van der Waals surface area contributed by atoms with Gasteiger partial charge in [0.25, 0.3) is 0 Å². The number of unbranched alkanes of at least 4 members (excludes halogenated alkanes) is 24. The fraction of sp³-hybridized carbons (Fsp3) is 0.702. The molecule has 0 aliphatic heterocycles. The number of ether oxygens (including phenoxy) is 3. The molecule has 0 radical (unpaired) electrons. The van der Waals surface area contributed by atoms with Gasteiger partial charge in [-0.15, -0.1) is 0 Å². The number of esters is 3. The summed E-state index contributed by atoms with van der Waals surface area (Å²) in [5, 5.41) is 0. The minimum atomic E-state index is -0.803. The molecule has 0 aromatic rings. The van der Waals surface area contributed by atoms with Gasteiger partial charge in [0.15, 0.2) is 6.10 Å². The van der Waals surface area contributed by atoms with Crippen LogP contribution in [0.25, 0.3) is 0 Å². The van der Waals surface area contributed by atoms with Crippen molar-refractivity contribution < 1.29 is 28.6 Å². The Bertz CT molecular complexity index is 1240. The van der Waals surface area contributed by atoms with Crippen LogP contribution in [0.4, 0.5) is 0 Å². The van der Waals surface area contributed by atoms with E-state index >= 15 is 0 Å². The Labute approximate surface area is 388 Å². The first-order valence-electron chi connectivity index (χ1n) is 26.1. The zero-order valence-corrected chi connectivity index (χ0v) is 41.1. The highest BCUT2D eigenvalue weighted by Crippen LogP contribution is 2.15. The molecule has 0 amide bonds. The van der Waals surface area contributed by atoms with Crippen LogP contribution < -0.4 is 0 Å². The van der Waals surface area contributed by atoms with Crippen molar-refractivity contribution in [3.8, 4) is 0 Å². The molecule has 6 nitrogen and oxygen atoms in total. The molecule has 0 spiro atoms. The highest BCUT2D eigenvalue weighted by molar-refractivity contribution is 5.71. The van der Waals surface area contributed by atoms with E-state index in [9.17, 15) is 14.4 Å². The van der Waals surface area contributed by atoms with E-state index in [4.69, 9.17) is 14.2 Å². The van der Waals surface area contributed by atoms with Gasteiger partial charge in [-0.25, -0.2) is 0 Å². The minimum Gasteiger partial charge on any atom is -0.462 e. The third-order valence-electron chi connectivity index (χ3n) is 11.0. The second kappa shape index (κ2) is 51.2. The van der Waals surface area contributed by atoms with Crippen LogP contribution in [0.15, 0.2) is 85.1 Å². The molecule has 1 unspecified atom stereocenters. The molecule has 0 aliphatic rings. The molecule has 63 heavy (non-hydrogen) atoms. The Morgan fingerprint density at radius 1 is 0.349 bits per heavy atom. The molecule has 0 saturated heterocycles. The molecule has 0 heterocycles. The molecule has 0 fully saturated rings. The van der Waals surface area contributed by atoms with Crippen LogP contribution in [0.2, 0.25) is 0 Å². The maximum absolute atomic E-state index is 12.8. The SMILES string of the molecule is CC\C=C/C=C\C=C/C=C\CCCCCC(=O)OCC(COC(=O)CCCCCCCCCCCCCCCCCCCC)OC(=O)CCCCCC/C=C\C/C=C\C/C=C\CC. The van der Waals surface area contributed by atoms with Crippen molar-refractivity contribution in [3.63, 3.8) is 0 Å². The summed E-state index contributed by atoms with van der Waals surface area (Å²) in [7, 11) is 0. The van der Waals surface area contributed by atoms with Gasteiger partial charge in [0.05, 0.1) is 0 Å². The standard InChI is InChI=1S/C57H96O6/c1-4-7-10-13-16-19-22-25-27-28-29-30-33-35-38-41-44-47-50-56(59)62-53-54(52-61-55(58)49-46-43-40-37-34-31-24-21-18-15-12-9-6-3)63-57(60)51-48-45-42-39-36-32-26-23-20-17-14-11-8-5-2/h8-9,11-12,15,17-18,20-21,24,26,31-32,34,54H,4-7,10,13-14,16,19,22-23,25,27-30,33,35-53H2,1-3H3/b11-8-,12-9-,18-15-,20-17-,24-21-,32-26-,34-31-. The first-order valence-corrected chi connectivity index (χ1v) is 26.1. The van der Waals surface area contributed by atoms with Gasteiger partial charge in [-0.2, -0.15) is 0 Å². The molecule has 0 rings (SSSR count). The van der Waals surface area contributed by atoms with Gasteiger partial charge >= 0.3 is 17.9 Å². The van der Waals surface area contributed by atoms with Crippen molar-refractivity contribution in [1.29, 1.82) is 0 Å². The molecule has 0 aromatic heterocycles. The van der Waals surface area contributed by atoms with Crippen molar-refractivity contribution in [1.82, 2.24) is 0 Å². The Morgan fingerprint density at radius 2 is 0.698 bits per heavy atom. The monoisotopic (exact) mass is 877 g/mol. The van der Waals surface area contributed by atoms with Gasteiger partial charge in [-0.05, 0) is 70.6 Å². The fourth-order valence-electron chi connectivity index (χ4n) is 7.11. The zero-order chi connectivity index (χ0) is 45.8. The molecule has 360 valence electrons. The van der Waals surface area contributed by atoms with Crippen molar-refractivity contribution in [2.75, 3.05) is 13.2 Å². The van der Waals surface area contributed by atoms with Crippen molar-refractivity contribution in [2.24, 2.45) is 0 Å². The quantitative estimate of drug-likeness (QED) is 0.0199. The summed E-state index contributed by atoms with van der Waals surface area (Å²) in [6, 6.07) is 0. The zero-order valence-electron chi connectivity index (χ0n) is 41.1. The Morgan fingerprint density at radius 3 is 1.17 bits per heavy atom. The van der Waals surface area contributed by atoms with E-state index < -0.39 is 6.10 Å².